The molecule has 0 saturated carbocycles. The minimum Gasteiger partial charge on any atom is -0.458 e. The molecule has 0 saturated heterocycles. The summed E-state index contributed by atoms with van der Waals surface area (Å²) >= 11 is 0. The lowest BCUT2D eigenvalue weighted by molar-refractivity contribution is -0.413. The van der Waals surface area contributed by atoms with Crippen molar-refractivity contribution in [3.05, 3.63) is 0 Å². The van der Waals surface area contributed by atoms with Gasteiger partial charge in [-0.15, -0.1) is 0 Å². The maximum atomic E-state index is 12.8. The van der Waals surface area contributed by atoms with Crippen LogP contribution >= 0.6 is 0 Å². The first-order valence-electron chi connectivity index (χ1n) is 6.87. The van der Waals surface area contributed by atoms with Gasteiger partial charge in [-0.2, -0.15) is 39.5 Å². The molecule has 0 amide bonds. The molecule has 0 aliphatic rings. The van der Waals surface area contributed by atoms with Gasteiger partial charge in [0.1, 0.15) is 5.60 Å². The Hall–Kier alpha value is -1.16. The number of hydrogen-bond acceptors (Lipinski definition) is 2. The van der Waals surface area contributed by atoms with Crippen molar-refractivity contribution in [1.29, 1.82) is 0 Å². The third-order valence-electron chi connectivity index (χ3n) is 3.33. The molecule has 0 fully saturated rings. The Morgan fingerprint density at radius 3 is 1.46 bits per heavy atom. The average molecular weight is 376 g/mol. The lowest BCUT2D eigenvalue weighted by Crippen LogP contribution is -2.65. The van der Waals surface area contributed by atoms with Crippen molar-refractivity contribution in [3.8, 4) is 0 Å². The molecule has 0 aromatic rings. The highest BCUT2D eigenvalue weighted by atomic mass is 19.4. The molecule has 11 heteroatoms. The maximum Gasteiger partial charge on any atom is 0.422 e. The third kappa shape index (κ3) is 4.47. The SMILES string of the molecule is CCCCCC(C)(C)OC(=O)C(C(F)(F)F)(C(F)(F)F)C(F)(F)F. The largest absolute Gasteiger partial charge is 0.458 e. The molecule has 0 spiro atoms. The lowest BCUT2D eigenvalue weighted by Gasteiger charge is -2.38. The summed E-state index contributed by atoms with van der Waals surface area (Å²) in [5, 5.41) is 0. The molecule has 0 atom stereocenters. The van der Waals surface area contributed by atoms with Crippen molar-refractivity contribution in [1.82, 2.24) is 0 Å². The standard InChI is InChI=1S/C13H17F9O2/c1-4-5-6-7-9(2,3)24-8(23)10(11(14,15)16,12(17,18)19)13(20,21)22/h4-7H2,1-3H3. The number of rotatable bonds is 6. The van der Waals surface area contributed by atoms with Crippen LogP contribution in [-0.4, -0.2) is 30.1 Å². The van der Waals surface area contributed by atoms with Crippen LogP contribution in [0.3, 0.4) is 0 Å². The normalized spacial score (nSPS) is 14.7. The van der Waals surface area contributed by atoms with Crippen molar-refractivity contribution >= 4 is 5.97 Å². The van der Waals surface area contributed by atoms with Gasteiger partial charge in [0, 0.05) is 0 Å². The molecular formula is C13H17F9O2. The van der Waals surface area contributed by atoms with E-state index in [1.165, 1.54) is 0 Å². The number of halogens is 9. The summed E-state index contributed by atoms with van der Waals surface area (Å²) in [6.45, 7) is 3.66. The number of ether oxygens (including phenoxy) is 1. The summed E-state index contributed by atoms with van der Waals surface area (Å²) < 4.78 is 119. The van der Waals surface area contributed by atoms with Gasteiger partial charge in [0.15, 0.2) is 0 Å². The van der Waals surface area contributed by atoms with Gasteiger partial charge in [-0.1, -0.05) is 19.8 Å². The predicted octanol–water partition coefficient (Wildman–Crippen LogP) is 5.56. The molecule has 0 radical (unpaired) electrons. The number of carbonyl (C=O) groups is 1. The molecule has 24 heavy (non-hydrogen) atoms. The Labute approximate surface area is 132 Å². The summed E-state index contributed by atoms with van der Waals surface area (Å²) in [6, 6.07) is 0. The molecule has 2 nitrogen and oxygen atoms in total. The number of esters is 1. The molecule has 144 valence electrons. The topological polar surface area (TPSA) is 26.3 Å². The number of hydrogen-bond donors (Lipinski definition) is 0. The van der Waals surface area contributed by atoms with E-state index in [4.69, 9.17) is 0 Å². The van der Waals surface area contributed by atoms with Crippen LogP contribution in [-0.2, 0) is 9.53 Å². The summed E-state index contributed by atoms with van der Waals surface area (Å²) in [5.74, 6) is -3.42. The van der Waals surface area contributed by atoms with E-state index in [2.05, 4.69) is 4.74 Å². The minimum absolute atomic E-state index is 0.184. The molecule has 0 aromatic carbocycles. The van der Waals surface area contributed by atoms with Gasteiger partial charge in [-0.05, 0) is 26.7 Å². The third-order valence-corrected chi connectivity index (χ3v) is 3.33. The number of alkyl halides is 9. The number of carbonyl (C=O) groups excluding carboxylic acids is 1. The van der Waals surface area contributed by atoms with Crippen LogP contribution in [0.25, 0.3) is 0 Å². The lowest BCUT2D eigenvalue weighted by atomic mass is 9.84. The van der Waals surface area contributed by atoms with Gasteiger partial charge in [-0.25, -0.2) is 0 Å². The Balaban J connectivity index is 5.90. The predicted molar refractivity (Wildman–Crippen MR) is 64.9 cm³/mol. The molecule has 0 unspecified atom stereocenters. The zero-order chi connectivity index (χ0) is 19.6. The second-order valence-electron chi connectivity index (χ2n) is 5.85. The highest BCUT2D eigenvalue weighted by molar-refractivity contribution is 5.80. The Kier molecular flexibility index (Phi) is 6.65. The van der Waals surface area contributed by atoms with Crippen LogP contribution in [0.5, 0.6) is 0 Å². The van der Waals surface area contributed by atoms with Gasteiger partial charge in [0.25, 0.3) is 0 Å². The van der Waals surface area contributed by atoms with Gasteiger partial charge >= 0.3 is 29.9 Å². The second kappa shape index (κ2) is 6.99. The fraction of sp³-hybridized carbons (Fsp3) is 0.923. The molecule has 0 aliphatic carbocycles. The molecule has 0 N–H and O–H groups in total. The van der Waals surface area contributed by atoms with Gasteiger partial charge < -0.3 is 4.74 Å². The van der Waals surface area contributed by atoms with Gasteiger partial charge in [-0.3, -0.25) is 4.79 Å². The van der Waals surface area contributed by atoms with E-state index in [9.17, 15) is 44.3 Å². The van der Waals surface area contributed by atoms with E-state index in [1.807, 2.05) is 0 Å². The van der Waals surface area contributed by atoms with Crippen LogP contribution in [0.4, 0.5) is 39.5 Å². The quantitative estimate of drug-likeness (QED) is 0.345. The molecule has 0 heterocycles. The zero-order valence-electron chi connectivity index (χ0n) is 13.0. The van der Waals surface area contributed by atoms with Crippen LogP contribution in [0.2, 0.25) is 0 Å². The van der Waals surface area contributed by atoms with Crippen molar-refractivity contribution in [2.75, 3.05) is 0 Å². The van der Waals surface area contributed by atoms with Crippen LogP contribution in [0.1, 0.15) is 46.5 Å². The second-order valence-corrected chi connectivity index (χ2v) is 5.85. The fourth-order valence-electron chi connectivity index (χ4n) is 2.01. The zero-order valence-corrected chi connectivity index (χ0v) is 13.0. The Morgan fingerprint density at radius 2 is 1.17 bits per heavy atom. The van der Waals surface area contributed by atoms with Crippen LogP contribution < -0.4 is 0 Å². The molecule has 0 rings (SSSR count). The van der Waals surface area contributed by atoms with E-state index in [0.717, 1.165) is 13.8 Å². The fourth-order valence-corrected chi connectivity index (χ4v) is 2.01. The monoisotopic (exact) mass is 376 g/mol. The first-order chi connectivity index (χ1) is 10.4. The first kappa shape index (κ1) is 22.8. The molecule has 0 bridgehead atoms. The van der Waals surface area contributed by atoms with Crippen molar-refractivity contribution in [2.24, 2.45) is 5.41 Å². The van der Waals surface area contributed by atoms with Crippen LogP contribution in [0.15, 0.2) is 0 Å². The van der Waals surface area contributed by atoms with Gasteiger partial charge in [0.05, 0.1) is 0 Å². The summed E-state index contributed by atoms with van der Waals surface area (Å²) in [4.78, 5) is 11.5. The summed E-state index contributed by atoms with van der Waals surface area (Å²) in [7, 11) is 0. The molecule has 0 aliphatic heterocycles. The molecular weight excluding hydrogens is 359 g/mol. The van der Waals surface area contributed by atoms with E-state index in [0.29, 0.717) is 12.8 Å². The van der Waals surface area contributed by atoms with E-state index >= 15 is 0 Å². The van der Waals surface area contributed by atoms with E-state index in [1.54, 1.807) is 6.92 Å². The van der Waals surface area contributed by atoms with Crippen molar-refractivity contribution < 1.29 is 49.0 Å². The first-order valence-corrected chi connectivity index (χ1v) is 6.87. The highest BCUT2D eigenvalue weighted by Crippen LogP contribution is 2.60. The van der Waals surface area contributed by atoms with Gasteiger partial charge in [0.2, 0.25) is 0 Å². The minimum atomic E-state index is -6.96. The van der Waals surface area contributed by atoms with Crippen LogP contribution in [0, 0.1) is 5.41 Å². The maximum absolute atomic E-state index is 12.8. The molecule has 0 aromatic heterocycles. The van der Waals surface area contributed by atoms with E-state index < -0.39 is 35.5 Å². The summed E-state index contributed by atoms with van der Waals surface area (Å²) in [5.41, 5.74) is -8.51. The highest BCUT2D eigenvalue weighted by Gasteiger charge is 2.89. The Bertz CT molecular complexity index is 396. The van der Waals surface area contributed by atoms with Crippen molar-refractivity contribution in [3.63, 3.8) is 0 Å². The number of unbranched alkanes of at least 4 members (excludes halogenated alkanes) is 2. The summed E-state index contributed by atoms with van der Waals surface area (Å²) in [6.07, 6.45) is -19.6. The smallest absolute Gasteiger partial charge is 0.422 e. The van der Waals surface area contributed by atoms with Crippen molar-refractivity contribution in [2.45, 2.75) is 70.6 Å². The average Bonchev–Trinajstić information content (AvgIpc) is 2.21. The van der Waals surface area contributed by atoms with E-state index in [-0.39, 0.29) is 12.8 Å². The Morgan fingerprint density at radius 1 is 0.792 bits per heavy atom.